The van der Waals surface area contributed by atoms with Gasteiger partial charge in [0.05, 0.1) is 0 Å². The summed E-state index contributed by atoms with van der Waals surface area (Å²) >= 11 is 0. The van der Waals surface area contributed by atoms with Gasteiger partial charge in [0.2, 0.25) is 0 Å². The minimum atomic E-state index is -0.541. The van der Waals surface area contributed by atoms with Crippen molar-refractivity contribution in [2.75, 3.05) is 18.4 Å². The highest BCUT2D eigenvalue weighted by Gasteiger charge is 2.50. The second kappa shape index (κ2) is 4.08. The molecule has 1 atom stereocenters. The van der Waals surface area contributed by atoms with Gasteiger partial charge in [-0.25, -0.2) is 4.79 Å². The minimum absolute atomic E-state index is 0.0439. The van der Waals surface area contributed by atoms with E-state index >= 15 is 0 Å². The van der Waals surface area contributed by atoms with E-state index in [1.165, 1.54) is 0 Å². The second-order valence-electron chi connectivity index (χ2n) is 5.13. The molecule has 1 saturated heterocycles. The van der Waals surface area contributed by atoms with Gasteiger partial charge in [0.1, 0.15) is 5.66 Å². The van der Waals surface area contributed by atoms with E-state index in [9.17, 15) is 4.79 Å². The third kappa shape index (κ3) is 1.37. The van der Waals surface area contributed by atoms with Gasteiger partial charge < -0.3 is 5.32 Å². The van der Waals surface area contributed by atoms with Gasteiger partial charge in [-0.3, -0.25) is 10.2 Å². The first-order chi connectivity index (χ1) is 9.82. The fourth-order valence-corrected chi connectivity index (χ4v) is 3.29. The Hall–Kier alpha value is -2.33. The van der Waals surface area contributed by atoms with Crippen LogP contribution in [0.1, 0.15) is 11.1 Å². The van der Waals surface area contributed by atoms with Crippen molar-refractivity contribution in [2.45, 2.75) is 5.66 Å². The number of hydrogen-bond donors (Lipinski definition) is 2. The number of rotatable bonds is 1. The predicted octanol–water partition coefficient (Wildman–Crippen LogP) is 2.34. The van der Waals surface area contributed by atoms with Crippen molar-refractivity contribution in [2.24, 2.45) is 0 Å². The molecule has 4 nitrogen and oxygen atoms in total. The molecular weight excluding hydrogens is 250 g/mol. The van der Waals surface area contributed by atoms with E-state index in [1.54, 1.807) is 0 Å². The Kier molecular flexibility index (Phi) is 2.35. The van der Waals surface area contributed by atoms with Crippen LogP contribution >= 0.6 is 0 Å². The zero-order valence-electron chi connectivity index (χ0n) is 11.0. The van der Waals surface area contributed by atoms with E-state index in [4.69, 9.17) is 0 Å². The van der Waals surface area contributed by atoms with Gasteiger partial charge in [-0.15, -0.1) is 0 Å². The third-order valence-corrected chi connectivity index (χ3v) is 4.12. The van der Waals surface area contributed by atoms with Crippen LogP contribution in [0, 0.1) is 0 Å². The maximum absolute atomic E-state index is 12.4. The van der Waals surface area contributed by atoms with Crippen molar-refractivity contribution in [3.8, 4) is 0 Å². The first-order valence-electron chi connectivity index (χ1n) is 6.81. The van der Waals surface area contributed by atoms with E-state index in [2.05, 4.69) is 28.8 Å². The van der Waals surface area contributed by atoms with E-state index in [1.807, 2.05) is 41.3 Å². The highest BCUT2D eigenvalue weighted by atomic mass is 16.2. The molecule has 1 fully saturated rings. The van der Waals surface area contributed by atoms with Crippen LogP contribution < -0.4 is 10.6 Å². The molecule has 20 heavy (non-hydrogen) atoms. The lowest BCUT2D eigenvalue weighted by molar-refractivity contribution is 0.165. The van der Waals surface area contributed by atoms with Crippen LogP contribution in [0.5, 0.6) is 0 Å². The number of nitrogens with one attached hydrogen (secondary N) is 2. The lowest BCUT2D eigenvalue weighted by Crippen LogP contribution is -2.56. The lowest BCUT2D eigenvalue weighted by atomic mass is 9.88. The SMILES string of the molecule is O=C1Nc2ccccc2C2(c3ccccc3)NCCN12. The fraction of sp³-hybridized carbons (Fsp3) is 0.188. The molecule has 0 saturated carbocycles. The zero-order chi connectivity index (χ0) is 13.6. The third-order valence-electron chi connectivity index (χ3n) is 4.12. The van der Waals surface area contributed by atoms with Gasteiger partial charge in [0, 0.05) is 24.3 Å². The molecule has 2 amide bonds. The highest BCUT2D eigenvalue weighted by Crippen LogP contribution is 2.42. The topological polar surface area (TPSA) is 44.4 Å². The number of urea groups is 1. The summed E-state index contributed by atoms with van der Waals surface area (Å²) in [6.45, 7) is 1.49. The Labute approximate surface area is 117 Å². The Morgan fingerprint density at radius 1 is 1.00 bits per heavy atom. The molecule has 2 aliphatic heterocycles. The Morgan fingerprint density at radius 2 is 1.75 bits per heavy atom. The van der Waals surface area contributed by atoms with Gasteiger partial charge >= 0.3 is 6.03 Å². The summed E-state index contributed by atoms with van der Waals surface area (Å²) in [5.41, 5.74) is 2.54. The van der Waals surface area contributed by atoms with Crippen LogP contribution in [0.15, 0.2) is 54.6 Å². The number of carbonyl (C=O) groups is 1. The van der Waals surface area contributed by atoms with Crippen molar-refractivity contribution in [3.05, 3.63) is 65.7 Å². The molecule has 2 N–H and O–H groups in total. The molecule has 2 aromatic rings. The average Bonchev–Trinajstić information content (AvgIpc) is 2.95. The number of amides is 2. The number of carbonyl (C=O) groups excluding carboxylic acids is 1. The van der Waals surface area contributed by atoms with Crippen molar-refractivity contribution in [1.82, 2.24) is 10.2 Å². The quantitative estimate of drug-likeness (QED) is 0.831. The Morgan fingerprint density at radius 3 is 2.60 bits per heavy atom. The molecule has 0 aromatic heterocycles. The molecule has 2 aliphatic rings. The monoisotopic (exact) mass is 265 g/mol. The molecular formula is C16H15N3O. The summed E-state index contributed by atoms with van der Waals surface area (Å²) in [6, 6.07) is 18.1. The van der Waals surface area contributed by atoms with E-state index in [-0.39, 0.29) is 6.03 Å². The molecule has 0 aliphatic carbocycles. The molecule has 0 radical (unpaired) electrons. The largest absolute Gasteiger partial charge is 0.323 e. The number of benzene rings is 2. The Balaban J connectivity index is 2.01. The van der Waals surface area contributed by atoms with Crippen LogP contribution in [0.2, 0.25) is 0 Å². The highest BCUT2D eigenvalue weighted by molar-refractivity contribution is 5.94. The Bertz CT molecular complexity index is 670. The molecule has 2 heterocycles. The van der Waals surface area contributed by atoms with Gasteiger partial charge in [0.25, 0.3) is 0 Å². The number of nitrogens with zero attached hydrogens (tertiary/aromatic N) is 1. The average molecular weight is 265 g/mol. The number of para-hydroxylation sites is 1. The standard InChI is InChI=1S/C16H15N3O/c20-15-18-14-9-5-4-8-13(14)16(17-10-11-19(15)16)12-6-2-1-3-7-12/h1-9,17H,10-11H2,(H,18,20). The molecule has 2 aromatic carbocycles. The van der Waals surface area contributed by atoms with E-state index in [0.29, 0.717) is 6.54 Å². The first kappa shape index (κ1) is 11.5. The van der Waals surface area contributed by atoms with Crippen molar-refractivity contribution < 1.29 is 4.79 Å². The van der Waals surface area contributed by atoms with Crippen molar-refractivity contribution >= 4 is 11.7 Å². The van der Waals surface area contributed by atoms with Gasteiger partial charge in [-0.05, 0) is 11.6 Å². The molecule has 0 bridgehead atoms. The smallest absolute Gasteiger partial charge is 0.307 e. The normalized spacial score (nSPS) is 24.0. The fourth-order valence-electron chi connectivity index (χ4n) is 3.29. The van der Waals surface area contributed by atoms with Gasteiger partial charge in [0.15, 0.2) is 0 Å². The number of hydrogen-bond acceptors (Lipinski definition) is 2. The van der Waals surface area contributed by atoms with E-state index in [0.717, 1.165) is 23.4 Å². The van der Waals surface area contributed by atoms with Gasteiger partial charge in [-0.2, -0.15) is 0 Å². The summed E-state index contributed by atoms with van der Waals surface area (Å²) < 4.78 is 0. The van der Waals surface area contributed by atoms with Crippen molar-refractivity contribution in [1.29, 1.82) is 0 Å². The minimum Gasteiger partial charge on any atom is -0.307 e. The number of anilines is 1. The predicted molar refractivity (Wildman–Crippen MR) is 77.4 cm³/mol. The zero-order valence-corrected chi connectivity index (χ0v) is 11.0. The first-order valence-corrected chi connectivity index (χ1v) is 6.81. The summed E-state index contributed by atoms with van der Waals surface area (Å²) in [7, 11) is 0. The summed E-state index contributed by atoms with van der Waals surface area (Å²) in [6.07, 6.45) is 0. The van der Waals surface area contributed by atoms with Crippen LogP contribution in [-0.2, 0) is 5.66 Å². The lowest BCUT2D eigenvalue weighted by Gasteiger charge is -2.43. The maximum Gasteiger partial charge on any atom is 0.323 e. The summed E-state index contributed by atoms with van der Waals surface area (Å²) in [4.78, 5) is 14.3. The van der Waals surface area contributed by atoms with Crippen LogP contribution in [0.3, 0.4) is 0 Å². The molecule has 4 heteroatoms. The second-order valence-corrected chi connectivity index (χ2v) is 5.13. The summed E-state index contributed by atoms with van der Waals surface area (Å²) in [5, 5.41) is 6.51. The molecule has 1 unspecified atom stereocenters. The summed E-state index contributed by atoms with van der Waals surface area (Å²) in [5.74, 6) is 0. The number of fused-ring (bicyclic) bond motifs is 3. The van der Waals surface area contributed by atoms with Crippen LogP contribution in [-0.4, -0.2) is 24.0 Å². The van der Waals surface area contributed by atoms with Crippen LogP contribution in [0.25, 0.3) is 0 Å². The maximum atomic E-state index is 12.4. The van der Waals surface area contributed by atoms with E-state index < -0.39 is 5.66 Å². The molecule has 4 rings (SSSR count). The van der Waals surface area contributed by atoms with Crippen LogP contribution in [0.4, 0.5) is 10.5 Å². The van der Waals surface area contributed by atoms with Crippen molar-refractivity contribution in [3.63, 3.8) is 0 Å². The molecule has 0 spiro atoms. The van der Waals surface area contributed by atoms with Gasteiger partial charge in [-0.1, -0.05) is 48.5 Å². The molecule has 100 valence electrons.